The molecule has 2 rings (SSSR count). The molecule has 0 heterocycles. The maximum absolute atomic E-state index is 9.32. The van der Waals surface area contributed by atoms with Crippen LogP contribution in [-0.2, 0) is 6.61 Å². The highest BCUT2D eigenvalue weighted by molar-refractivity contribution is 5.50. The lowest BCUT2D eigenvalue weighted by Gasteiger charge is -2.03. The van der Waals surface area contributed by atoms with E-state index in [9.17, 15) is 5.11 Å². The van der Waals surface area contributed by atoms with Gasteiger partial charge < -0.3 is 9.84 Å². The molecular formula is C17H16O2. The van der Waals surface area contributed by atoms with Crippen molar-refractivity contribution in [2.75, 3.05) is 7.11 Å². The molecule has 0 aliphatic carbocycles. The van der Waals surface area contributed by atoms with Crippen molar-refractivity contribution in [3.8, 4) is 17.6 Å². The molecule has 0 fully saturated rings. The summed E-state index contributed by atoms with van der Waals surface area (Å²) in [6.45, 7) is 2.01. The van der Waals surface area contributed by atoms with E-state index in [4.69, 9.17) is 4.74 Å². The van der Waals surface area contributed by atoms with Crippen molar-refractivity contribution in [2.45, 2.75) is 13.5 Å². The van der Waals surface area contributed by atoms with E-state index in [0.717, 1.165) is 28.0 Å². The van der Waals surface area contributed by atoms with Gasteiger partial charge in [-0.25, -0.2) is 0 Å². The Bertz CT molecular complexity index is 616. The highest BCUT2D eigenvalue weighted by Gasteiger charge is 2.01. The standard InChI is InChI=1S/C17H16O2/c1-13-4-3-5-15(12-18)17(13)11-8-14-6-9-16(19-2)10-7-14/h3-7,9-10,18H,12H2,1-2H3. The van der Waals surface area contributed by atoms with Gasteiger partial charge in [0.05, 0.1) is 13.7 Å². The second-order valence-corrected chi connectivity index (χ2v) is 4.25. The monoisotopic (exact) mass is 252 g/mol. The molecular weight excluding hydrogens is 236 g/mol. The number of aliphatic hydroxyl groups excluding tert-OH is 1. The summed E-state index contributed by atoms with van der Waals surface area (Å²) in [5.74, 6) is 7.06. The van der Waals surface area contributed by atoms with Crippen LogP contribution < -0.4 is 4.74 Å². The Morgan fingerprint density at radius 2 is 1.79 bits per heavy atom. The fourth-order valence-electron chi connectivity index (χ4n) is 1.85. The Labute approximate surface area is 113 Å². The first kappa shape index (κ1) is 13.2. The zero-order valence-corrected chi connectivity index (χ0v) is 11.1. The molecule has 0 radical (unpaired) electrons. The molecule has 0 atom stereocenters. The van der Waals surface area contributed by atoms with E-state index in [1.807, 2.05) is 49.4 Å². The topological polar surface area (TPSA) is 29.5 Å². The van der Waals surface area contributed by atoms with Gasteiger partial charge in [-0.3, -0.25) is 0 Å². The molecule has 19 heavy (non-hydrogen) atoms. The Hall–Kier alpha value is -2.24. The minimum absolute atomic E-state index is 0.00824. The number of aryl methyl sites for hydroxylation is 1. The molecule has 2 aromatic carbocycles. The molecule has 0 aliphatic heterocycles. The van der Waals surface area contributed by atoms with Crippen LogP contribution >= 0.6 is 0 Å². The minimum Gasteiger partial charge on any atom is -0.497 e. The molecule has 0 unspecified atom stereocenters. The van der Waals surface area contributed by atoms with Crippen molar-refractivity contribution < 1.29 is 9.84 Å². The van der Waals surface area contributed by atoms with Gasteiger partial charge in [-0.15, -0.1) is 0 Å². The molecule has 2 nitrogen and oxygen atoms in total. The Morgan fingerprint density at radius 1 is 1.05 bits per heavy atom. The number of methoxy groups -OCH3 is 1. The quantitative estimate of drug-likeness (QED) is 0.833. The van der Waals surface area contributed by atoms with Crippen LogP contribution in [0.2, 0.25) is 0 Å². The largest absolute Gasteiger partial charge is 0.497 e. The normalized spacial score (nSPS) is 9.63. The van der Waals surface area contributed by atoms with Crippen LogP contribution in [0.5, 0.6) is 5.75 Å². The van der Waals surface area contributed by atoms with Crippen LogP contribution in [0.25, 0.3) is 0 Å². The van der Waals surface area contributed by atoms with Gasteiger partial charge in [0.25, 0.3) is 0 Å². The molecule has 2 heteroatoms. The van der Waals surface area contributed by atoms with E-state index in [0.29, 0.717) is 0 Å². The average molecular weight is 252 g/mol. The Balaban J connectivity index is 2.33. The summed E-state index contributed by atoms with van der Waals surface area (Å²) in [6, 6.07) is 13.4. The maximum atomic E-state index is 9.32. The van der Waals surface area contributed by atoms with Crippen LogP contribution in [0, 0.1) is 18.8 Å². The van der Waals surface area contributed by atoms with Crippen molar-refractivity contribution in [3.63, 3.8) is 0 Å². The molecule has 0 aromatic heterocycles. The van der Waals surface area contributed by atoms with Crippen molar-refractivity contribution in [1.82, 2.24) is 0 Å². The van der Waals surface area contributed by atoms with Gasteiger partial charge in [0.15, 0.2) is 0 Å². The highest BCUT2D eigenvalue weighted by atomic mass is 16.5. The predicted molar refractivity (Wildman–Crippen MR) is 76.1 cm³/mol. The maximum Gasteiger partial charge on any atom is 0.118 e. The first-order chi connectivity index (χ1) is 9.24. The number of hydrogen-bond donors (Lipinski definition) is 1. The number of ether oxygens (including phenoxy) is 1. The lowest BCUT2D eigenvalue weighted by molar-refractivity contribution is 0.281. The number of rotatable bonds is 2. The summed E-state index contributed by atoms with van der Waals surface area (Å²) >= 11 is 0. The molecule has 2 aromatic rings. The summed E-state index contributed by atoms with van der Waals surface area (Å²) in [6.07, 6.45) is 0. The molecule has 1 N–H and O–H groups in total. The van der Waals surface area contributed by atoms with Gasteiger partial charge in [-0.05, 0) is 42.3 Å². The van der Waals surface area contributed by atoms with Crippen molar-refractivity contribution in [1.29, 1.82) is 0 Å². The van der Waals surface area contributed by atoms with Gasteiger partial charge >= 0.3 is 0 Å². The predicted octanol–water partition coefficient (Wildman–Crippen LogP) is 2.90. The Kier molecular flexibility index (Phi) is 4.22. The second kappa shape index (κ2) is 6.08. The molecule has 0 spiro atoms. The summed E-state index contributed by atoms with van der Waals surface area (Å²) in [4.78, 5) is 0. The smallest absolute Gasteiger partial charge is 0.118 e. The van der Waals surface area contributed by atoms with Gasteiger partial charge in [0.1, 0.15) is 5.75 Å². The van der Waals surface area contributed by atoms with E-state index in [1.165, 1.54) is 0 Å². The number of aliphatic hydroxyl groups is 1. The zero-order chi connectivity index (χ0) is 13.7. The van der Waals surface area contributed by atoms with Crippen LogP contribution in [0.4, 0.5) is 0 Å². The average Bonchev–Trinajstić information content (AvgIpc) is 2.46. The van der Waals surface area contributed by atoms with Gasteiger partial charge in [-0.2, -0.15) is 0 Å². The third-order valence-electron chi connectivity index (χ3n) is 2.95. The minimum atomic E-state index is 0.00824. The zero-order valence-electron chi connectivity index (χ0n) is 11.1. The lowest BCUT2D eigenvalue weighted by Crippen LogP contribution is -1.92. The summed E-state index contributed by atoms with van der Waals surface area (Å²) in [5, 5.41) is 9.32. The van der Waals surface area contributed by atoms with Crippen molar-refractivity contribution in [3.05, 3.63) is 64.7 Å². The summed E-state index contributed by atoms with van der Waals surface area (Å²) < 4.78 is 5.11. The van der Waals surface area contributed by atoms with E-state index < -0.39 is 0 Å². The SMILES string of the molecule is COc1ccc(C#Cc2c(C)cccc2CO)cc1. The third-order valence-corrected chi connectivity index (χ3v) is 2.95. The van der Waals surface area contributed by atoms with Crippen LogP contribution in [0.3, 0.4) is 0 Å². The van der Waals surface area contributed by atoms with E-state index in [-0.39, 0.29) is 6.61 Å². The van der Waals surface area contributed by atoms with E-state index in [2.05, 4.69) is 11.8 Å². The van der Waals surface area contributed by atoms with Crippen molar-refractivity contribution >= 4 is 0 Å². The van der Waals surface area contributed by atoms with Crippen LogP contribution in [-0.4, -0.2) is 12.2 Å². The van der Waals surface area contributed by atoms with Gasteiger partial charge in [0.2, 0.25) is 0 Å². The van der Waals surface area contributed by atoms with Gasteiger partial charge in [-0.1, -0.05) is 30.0 Å². The third kappa shape index (κ3) is 3.15. The summed E-state index contributed by atoms with van der Waals surface area (Å²) in [5.41, 5.74) is 3.77. The second-order valence-electron chi connectivity index (χ2n) is 4.25. The fourth-order valence-corrected chi connectivity index (χ4v) is 1.85. The molecule has 0 aliphatic rings. The van der Waals surface area contributed by atoms with Crippen molar-refractivity contribution in [2.24, 2.45) is 0 Å². The first-order valence-corrected chi connectivity index (χ1v) is 6.10. The van der Waals surface area contributed by atoms with Gasteiger partial charge in [0, 0.05) is 11.1 Å². The molecule has 0 saturated heterocycles. The van der Waals surface area contributed by atoms with E-state index >= 15 is 0 Å². The lowest BCUT2D eigenvalue weighted by atomic mass is 10.0. The molecule has 96 valence electrons. The Morgan fingerprint density at radius 3 is 2.42 bits per heavy atom. The molecule has 0 saturated carbocycles. The number of hydrogen-bond acceptors (Lipinski definition) is 2. The molecule has 0 amide bonds. The summed E-state index contributed by atoms with van der Waals surface area (Å²) in [7, 11) is 1.64. The first-order valence-electron chi connectivity index (χ1n) is 6.10. The number of benzene rings is 2. The fraction of sp³-hybridized carbons (Fsp3) is 0.176. The van der Waals surface area contributed by atoms with Crippen LogP contribution in [0.15, 0.2) is 42.5 Å². The molecule has 0 bridgehead atoms. The van der Waals surface area contributed by atoms with E-state index in [1.54, 1.807) is 7.11 Å². The van der Waals surface area contributed by atoms with Crippen LogP contribution in [0.1, 0.15) is 22.3 Å². The highest BCUT2D eigenvalue weighted by Crippen LogP contribution is 2.14.